The van der Waals surface area contributed by atoms with Crippen LogP contribution in [0.15, 0.2) is 65.6 Å². The Balaban J connectivity index is 1.53. The summed E-state index contributed by atoms with van der Waals surface area (Å²) < 4.78 is 62.2. The zero-order chi connectivity index (χ0) is 27.8. The molecule has 1 saturated heterocycles. The molecule has 1 fully saturated rings. The molecule has 1 aromatic heterocycles. The van der Waals surface area contributed by atoms with Gasteiger partial charge in [0.25, 0.3) is 5.56 Å². The van der Waals surface area contributed by atoms with E-state index >= 15 is 0 Å². The third kappa shape index (κ3) is 7.71. The number of halogens is 2. The van der Waals surface area contributed by atoms with Crippen LogP contribution < -0.4 is 10.5 Å². The van der Waals surface area contributed by atoms with Gasteiger partial charge in [-0.25, -0.2) is 17.2 Å². The van der Waals surface area contributed by atoms with Crippen molar-refractivity contribution in [1.82, 2.24) is 14.1 Å². The van der Waals surface area contributed by atoms with Crippen LogP contribution in [0.25, 0.3) is 5.69 Å². The van der Waals surface area contributed by atoms with Gasteiger partial charge in [-0.2, -0.15) is 14.1 Å². The number of piperazine rings is 1. The van der Waals surface area contributed by atoms with Crippen molar-refractivity contribution in [2.24, 2.45) is 0 Å². The van der Waals surface area contributed by atoms with Gasteiger partial charge in [-0.15, -0.1) is 0 Å². The van der Waals surface area contributed by atoms with Crippen LogP contribution in [0.3, 0.4) is 0 Å². The SMILES string of the molecule is CCCCCCOCC1CN(S(=O)(=O)Cc2ccccc2)CCN1c1cnn(-c2cc(F)cc(F)c2)c(=O)c1. The number of hydrogen-bond donors (Lipinski definition) is 0. The van der Waals surface area contributed by atoms with Crippen LogP contribution in [0.5, 0.6) is 0 Å². The number of aromatic nitrogens is 2. The first-order valence-corrected chi connectivity index (χ1v) is 14.8. The molecule has 0 aliphatic carbocycles. The van der Waals surface area contributed by atoms with Crippen molar-refractivity contribution in [2.45, 2.75) is 44.4 Å². The Bertz CT molecular complexity index is 1380. The number of sulfonamides is 1. The van der Waals surface area contributed by atoms with Gasteiger partial charge in [0.15, 0.2) is 0 Å². The van der Waals surface area contributed by atoms with E-state index < -0.39 is 27.2 Å². The van der Waals surface area contributed by atoms with E-state index in [1.807, 2.05) is 23.1 Å². The fraction of sp³-hybridized carbons (Fsp3) is 0.429. The molecule has 1 unspecified atom stereocenters. The summed E-state index contributed by atoms with van der Waals surface area (Å²) in [6.07, 6.45) is 5.67. The Morgan fingerprint density at radius 2 is 1.72 bits per heavy atom. The van der Waals surface area contributed by atoms with Crippen molar-refractivity contribution < 1.29 is 21.9 Å². The highest BCUT2D eigenvalue weighted by molar-refractivity contribution is 7.88. The third-order valence-electron chi connectivity index (χ3n) is 6.69. The van der Waals surface area contributed by atoms with E-state index in [0.717, 1.165) is 48.6 Å². The molecule has 0 saturated carbocycles. The van der Waals surface area contributed by atoms with Crippen LogP contribution in [-0.2, 0) is 20.5 Å². The van der Waals surface area contributed by atoms with Gasteiger partial charge in [0.2, 0.25) is 10.0 Å². The van der Waals surface area contributed by atoms with E-state index in [2.05, 4.69) is 12.0 Å². The molecule has 11 heteroatoms. The highest BCUT2D eigenvalue weighted by Gasteiger charge is 2.34. The van der Waals surface area contributed by atoms with Crippen molar-refractivity contribution in [3.05, 3.63) is 88.3 Å². The number of hydrogen-bond acceptors (Lipinski definition) is 6. The lowest BCUT2D eigenvalue weighted by atomic mass is 10.2. The third-order valence-corrected chi connectivity index (χ3v) is 8.51. The lowest BCUT2D eigenvalue weighted by molar-refractivity contribution is 0.103. The van der Waals surface area contributed by atoms with Crippen molar-refractivity contribution >= 4 is 15.7 Å². The molecule has 8 nitrogen and oxygen atoms in total. The average molecular weight is 561 g/mol. The summed E-state index contributed by atoms with van der Waals surface area (Å²) in [5.41, 5.74) is 0.627. The Labute approximate surface area is 227 Å². The fourth-order valence-corrected chi connectivity index (χ4v) is 6.25. The molecule has 0 radical (unpaired) electrons. The van der Waals surface area contributed by atoms with Crippen LogP contribution >= 0.6 is 0 Å². The van der Waals surface area contributed by atoms with Crippen molar-refractivity contribution in [3.63, 3.8) is 0 Å². The van der Waals surface area contributed by atoms with Gasteiger partial charge in [-0.3, -0.25) is 4.79 Å². The van der Waals surface area contributed by atoms with Gasteiger partial charge >= 0.3 is 0 Å². The molecule has 2 aromatic carbocycles. The fourth-order valence-electron chi connectivity index (χ4n) is 4.70. The molecule has 3 aromatic rings. The van der Waals surface area contributed by atoms with Crippen molar-refractivity contribution in [1.29, 1.82) is 0 Å². The van der Waals surface area contributed by atoms with Crippen molar-refractivity contribution in [3.8, 4) is 5.69 Å². The highest BCUT2D eigenvalue weighted by atomic mass is 32.2. The largest absolute Gasteiger partial charge is 0.379 e. The van der Waals surface area contributed by atoms with Crippen LogP contribution in [0.2, 0.25) is 0 Å². The summed E-state index contributed by atoms with van der Waals surface area (Å²) >= 11 is 0. The quantitative estimate of drug-likeness (QED) is 0.310. The number of ether oxygens (including phenoxy) is 1. The summed E-state index contributed by atoms with van der Waals surface area (Å²) in [7, 11) is -3.58. The maximum absolute atomic E-state index is 13.7. The van der Waals surface area contributed by atoms with E-state index in [9.17, 15) is 22.0 Å². The molecule has 0 amide bonds. The van der Waals surface area contributed by atoms with E-state index in [0.29, 0.717) is 24.4 Å². The molecular formula is C28H34F2N4O4S. The Morgan fingerprint density at radius 3 is 2.41 bits per heavy atom. The smallest absolute Gasteiger partial charge is 0.273 e. The summed E-state index contributed by atoms with van der Waals surface area (Å²) in [5.74, 6) is -1.72. The second-order valence-electron chi connectivity index (χ2n) is 9.67. The van der Waals surface area contributed by atoms with Gasteiger partial charge in [0.05, 0.1) is 36.0 Å². The van der Waals surface area contributed by atoms with Crippen LogP contribution in [0.1, 0.15) is 38.2 Å². The first-order valence-electron chi connectivity index (χ1n) is 13.2. The summed E-state index contributed by atoms with van der Waals surface area (Å²) in [5, 5.41) is 4.15. The minimum atomic E-state index is -3.58. The monoisotopic (exact) mass is 560 g/mol. The molecule has 1 aliphatic heterocycles. The van der Waals surface area contributed by atoms with Gasteiger partial charge in [0, 0.05) is 38.4 Å². The zero-order valence-corrected chi connectivity index (χ0v) is 22.8. The molecule has 39 heavy (non-hydrogen) atoms. The summed E-state index contributed by atoms with van der Waals surface area (Å²) in [6, 6.07) is 12.8. The minimum Gasteiger partial charge on any atom is -0.379 e. The lowest BCUT2D eigenvalue weighted by Gasteiger charge is -2.41. The Morgan fingerprint density at radius 1 is 0.974 bits per heavy atom. The van der Waals surface area contributed by atoms with Crippen molar-refractivity contribution in [2.75, 3.05) is 37.7 Å². The highest BCUT2D eigenvalue weighted by Crippen LogP contribution is 2.23. The number of unbranched alkanes of at least 4 members (excludes halogenated alkanes) is 3. The van der Waals surface area contributed by atoms with Crippen LogP contribution in [-0.4, -0.2) is 61.4 Å². The molecular weight excluding hydrogens is 526 g/mol. The first-order chi connectivity index (χ1) is 18.8. The number of anilines is 1. The molecule has 0 N–H and O–H groups in total. The van der Waals surface area contributed by atoms with Crippen LogP contribution in [0.4, 0.5) is 14.5 Å². The zero-order valence-electron chi connectivity index (χ0n) is 22.0. The van der Waals surface area contributed by atoms with E-state index in [1.54, 1.807) is 12.1 Å². The van der Waals surface area contributed by atoms with Gasteiger partial charge in [-0.05, 0) is 24.1 Å². The average Bonchev–Trinajstić information content (AvgIpc) is 2.90. The van der Waals surface area contributed by atoms with E-state index in [4.69, 9.17) is 4.74 Å². The van der Waals surface area contributed by atoms with Gasteiger partial charge in [-0.1, -0.05) is 56.5 Å². The minimum absolute atomic E-state index is 0.0205. The number of benzene rings is 2. The first kappa shape index (κ1) is 28.8. The Kier molecular flexibility index (Phi) is 9.82. The molecule has 4 rings (SSSR count). The van der Waals surface area contributed by atoms with E-state index in [-0.39, 0.29) is 37.2 Å². The molecule has 1 aliphatic rings. The predicted octanol–water partition coefficient (Wildman–Crippen LogP) is 4.13. The summed E-state index contributed by atoms with van der Waals surface area (Å²) in [4.78, 5) is 14.8. The normalized spacial score (nSPS) is 16.5. The molecule has 0 spiro atoms. The second-order valence-corrected chi connectivity index (χ2v) is 11.6. The number of rotatable bonds is 12. The van der Waals surface area contributed by atoms with Crippen LogP contribution in [0, 0.1) is 11.6 Å². The molecule has 0 bridgehead atoms. The topological polar surface area (TPSA) is 84.7 Å². The summed E-state index contributed by atoms with van der Waals surface area (Å²) in [6.45, 7) is 3.74. The second kappa shape index (κ2) is 13.3. The predicted molar refractivity (Wildman–Crippen MR) is 146 cm³/mol. The number of nitrogens with zero attached hydrogens (tertiary/aromatic N) is 4. The Hall–Kier alpha value is -3.15. The van der Waals surface area contributed by atoms with E-state index in [1.165, 1.54) is 16.6 Å². The lowest BCUT2D eigenvalue weighted by Crippen LogP contribution is -2.57. The van der Waals surface area contributed by atoms with Gasteiger partial charge < -0.3 is 9.64 Å². The standard InChI is InChI=1S/C28H34F2N4O4S/c1-2-3-4-8-13-38-20-27-19-32(39(36,37)21-22-9-6-5-7-10-22)11-12-33(27)26-17-28(35)34(31-18-26)25-15-23(29)14-24(30)16-25/h5-7,9-10,14-18,27H,2-4,8,11-13,19-21H2,1H3. The molecule has 1 atom stereocenters. The maximum Gasteiger partial charge on any atom is 0.273 e. The molecule has 210 valence electrons. The molecule has 2 heterocycles. The maximum atomic E-state index is 13.7. The van der Waals surface area contributed by atoms with Gasteiger partial charge in [0.1, 0.15) is 11.6 Å².